The van der Waals surface area contributed by atoms with Crippen molar-refractivity contribution in [3.63, 3.8) is 0 Å². The third-order valence-electron chi connectivity index (χ3n) is 4.29. The Balaban J connectivity index is 2.19. The molecule has 1 heterocycles. The highest BCUT2D eigenvalue weighted by atomic mass is 32.2. The smallest absolute Gasteiger partial charge is 0.245 e. The molecule has 1 saturated heterocycles. The summed E-state index contributed by atoms with van der Waals surface area (Å²) in [7, 11) is -3.75. The van der Waals surface area contributed by atoms with E-state index in [2.05, 4.69) is 13.8 Å². The van der Waals surface area contributed by atoms with Gasteiger partial charge in [-0.15, -0.1) is 0 Å². The van der Waals surface area contributed by atoms with E-state index < -0.39 is 15.8 Å². The van der Waals surface area contributed by atoms with E-state index in [4.69, 9.17) is 5.73 Å². The minimum atomic E-state index is -3.75. The summed E-state index contributed by atoms with van der Waals surface area (Å²) < 4.78 is 40.5. The summed E-state index contributed by atoms with van der Waals surface area (Å²) >= 11 is 0. The minimum Gasteiger partial charge on any atom is -0.326 e. The highest BCUT2D eigenvalue weighted by Crippen LogP contribution is 2.29. The molecule has 1 aliphatic heterocycles. The molecule has 21 heavy (non-hydrogen) atoms. The van der Waals surface area contributed by atoms with Crippen LogP contribution >= 0.6 is 0 Å². The number of nitrogens with two attached hydrogens (primary N) is 1. The first kappa shape index (κ1) is 16.4. The largest absolute Gasteiger partial charge is 0.326 e. The molecule has 2 rings (SSSR count). The maximum atomic E-state index is 14.0. The first-order valence-corrected chi connectivity index (χ1v) is 8.79. The predicted octanol–water partition coefficient (Wildman–Crippen LogP) is 2.34. The van der Waals surface area contributed by atoms with Crippen LogP contribution in [0.25, 0.3) is 0 Å². The minimum absolute atomic E-state index is 0.191. The third-order valence-corrected chi connectivity index (χ3v) is 6.22. The Morgan fingerprint density at radius 2 is 1.95 bits per heavy atom. The summed E-state index contributed by atoms with van der Waals surface area (Å²) in [5.41, 5.74) is 6.03. The number of sulfonamides is 1. The van der Waals surface area contributed by atoms with Crippen molar-refractivity contribution in [2.45, 2.75) is 38.1 Å². The van der Waals surface area contributed by atoms with Gasteiger partial charge in [0, 0.05) is 19.6 Å². The topological polar surface area (TPSA) is 63.4 Å². The van der Waals surface area contributed by atoms with Gasteiger partial charge < -0.3 is 5.73 Å². The fourth-order valence-electron chi connectivity index (χ4n) is 2.80. The number of benzene rings is 1. The van der Waals surface area contributed by atoms with E-state index in [9.17, 15) is 12.8 Å². The zero-order valence-electron chi connectivity index (χ0n) is 12.5. The van der Waals surface area contributed by atoms with Crippen LogP contribution in [0.5, 0.6) is 0 Å². The Morgan fingerprint density at radius 3 is 2.43 bits per heavy atom. The number of hydrogen-bond acceptors (Lipinski definition) is 3. The van der Waals surface area contributed by atoms with Crippen molar-refractivity contribution in [3.05, 3.63) is 29.6 Å². The number of piperidine rings is 1. The SMILES string of the molecule is CC(C)C1CCN(S(=O)(=O)c2ccc(CN)cc2F)CC1. The van der Waals surface area contributed by atoms with E-state index in [1.54, 1.807) is 6.07 Å². The molecule has 6 heteroatoms. The van der Waals surface area contributed by atoms with Crippen LogP contribution in [0.15, 0.2) is 23.1 Å². The molecule has 0 atom stereocenters. The second-order valence-corrected chi connectivity index (χ2v) is 7.86. The van der Waals surface area contributed by atoms with E-state index in [-0.39, 0.29) is 11.4 Å². The van der Waals surface area contributed by atoms with Crippen molar-refractivity contribution < 1.29 is 12.8 Å². The van der Waals surface area contributed by atoms with Crippen LogP contribution in [0.4, 0.5) is 4.39 Å². The van der Waals surface area contributed by atoms with Crippen LogP contribution in [-0.4, -0.2) is 25.8 Å². The van der Waals surface area contributed by atoms with Gasteiger partial charge in [-0.3, -0.25) is 0 Å². The number of halogens is 1. The second kappa shape index (κ2) is 6.42. The van der Waals surface area contributed by atoms with Crippen LogP contribution in [0.3, 0.4) is 0 Å². The molecule has 0 spiro atoms. The summed E-state index contributed by atoms with van der Waals surface area (Å²) in [6, 6.07) is 4.09. The van der Waals surface area contributed by atoms with Crippen LogP contribution in [0.2, 0.25) is 0 Å². The highest BCUT2D eigenvalue weighted by Gasteiger charge is 2.32. The lowest BCUT2D eigenvalue weighted by atomic mass is 9.87. The molecule has 1 aromatic rings. The number of nitrogens with zero attached hydrogens (tertiary/aromatic N) is 1. The summed E-state index contributed by atoms with van der Waals surface area (Å²) in [4.78, 5) is -0.248. The van der Waals surface area contributed by atoms with E-state index in [1.807, 2.05) is 0 Å². The van der Waals surface area contributed by atoms with Crippen molar-refractivity contribution in [1.82, 2.24) is 4.31 Å². The van der Waals surface area contributed by atoms with E-state index in [1.165, 1.54) is 16.4 Å². The predicted molar refractivity (Wildman–Crippen MR) is 80.6 cm³/mol. The normalized spacial score (nSPS) is 18.3. The van der Waals surface area contributed by atoms with Gasteiger partial charge in [-0.2, -0.15) is 4.31 Å². The second-order valence-electron chi connectivity index (χ2n) is 5.95. The average molecular weight is 314 g/mol. The van der Waals surface area contributed by atoms with Gasteiger partial charge >= 0.3 is 0 Å². The maximum absolute atomic E-state index is 14.0. The lowest BCUT2D eigenvalue weighted by Gasteiger charge is -2.33. The van der Waals surface area contributed by atoms with Crippen molar-refractivity contribution >= 4 is 10.0 Å². The molecule has 1 aromatic carbocycles. The Bertz CT molecular complexity index is 594. The van der Waals surface area contributed by atoms with Gasteiger partial charge in [-0.05, 0) is 42.4 Å². The van der Waals surface area contributed by atoms with Crippen LogP contribution in [0.1, 0.15) is 32.3 Å². The maximum Gasteiger partial charge on any atom is 0.245 e. The standard InChI is InChI=1S/C15H23FN2O2S/c1-11(2)13-5-7-18(8-6-13)21(19,20)15-4-3-12(10-17)9-14(15)16/h3-4,9,11,13H,5-8,10,17H2,1-2H3. The van der Waals surface area contributed by atoms with Gasteiger partial charge in [0.1, 0.15) is 10.7 Å². The summed E-state index contributed by atoms with van der Waals surface area (Å²) in [6.45, 7) is 5.42. The van der Waals surface area contributed by atoms with Crippen LogP contribution < -0.4 is 5.73 Å². The van der Waals surface area contributed by atoms with Gasteiger partial charge in [-0.1, -0.05) is 19.9 Å². The molecule has 118 valence electrons. The van der Waals surface area contributed by atoms with E-state index >= 15 is 0 Å². The van der Waals surface area contributed by atoms with Crippen molar-refractivity contribution in [2.75, 3.05) is 13.1 Å². The summed E-state index contributed by atoms with van der Waals surface area (Å²) in [5, 5.41) is 0. The van der Waals surface area contributed by atoms with Gasteiger partial charge in [0.25, 0.3) is 0 Å². The molecule has 0 bridgehead atoms. The fourth-order valence-corrected chi connectivity index (χ4v) is 4.32. The van der Waals surface area contributed by atoms with Crippen LogP contribution in [-0.2, 0) is 16.6 Å². The molecule has 0 aromatic heterocycles. The molecule has 0 aliphatic carbocycles. The first-order valence-electron chi connectivity index (χ1n) is 7.35. The van der Waals surface area contributed by atoms with Gasteiger partial charge in [-0.25, -0.2) is 12.8 Å². The molecule has 0 amide bonds. The molecule has 1 fully saturated rings. The fraction of sp³-hybridized carbons (Fsp3) is 0.600. The monoisotopic (exact) mass is 314 g/mol. The van der Waals surface area contributed by atoms with E-state index in [0.29, 0.717) is 30.5 Å². The van der Waals surface area contributed by atoms with Gasteiger partial charge in [0.15, 0.2) is 0 Å². The molecule has 2 N–H and O–H groups in total. The van der Waals surface area contributed by atoms with Crippen molar-refractivity contribution in [2.24, 2.45) is 17.6 Å². The van der Waals surface area contributed by atoms with E-state index in [0.717, 1.165) is 12.8 Å². The Kier molecular flexibility index (Phi) is 5.01. The molecular formula is C15H23FN2O2S. The molecular weight excluding hydrogens is 291 g/mol. The van der Waals surface area contributed by atoms with Crippen LogP contribution in [0, 0.1) is 17.7 Å². The summed E-state index contributed by atoms with van der Waals surface area (Å²) in [5.74, 6) is 0.375. The Morgan fingerprint density at radius 1 is 1.33 bits per heavy atom. The molecule has 0 radical (unpaired) electrons. The third kappa shape index (κ3) is 3.44. The zero-order valence-corrected chi connectivity index (χ0v) is 13.4. The molecule has 0 saturated carbocycles. The Labute approximate surface area is 126 Å². The number of rotatable bonds is 4. The molecule has 1 aliphatic rings. The highest BCUT2D eigenvalue weighted by molar-refractivity contribution is 7.89. The lowest BCUT2D eigenvalue weighted by molar-refractivity contribution is 0.226. The van der Waals surface area contributed by atoms with Crippen molar-refractivity contribution in [1.29, 1.82) is 0 Å². The first-order chi connectivity index (χ1) is 9.86. The van der Waals surface area contributed by atoms with Gasteiger partial charge in [0.05, 0.1) is 0 Å². The lowest BCUT2D eigenvalue weighted by Crippen LogP contribution is -2.39. The quantitative estimate of drug-likeness (QED) is 0.928. The van der Waals surface area contributed by atoms with Gasteiger partial charge in [0.2, 0.25) is 10.0 Å². The molecule has 4 nitrogen and oxygen atoms in total. The molecule has 0 unspecified atom stereocenters. The van der Waals surface area contributed by atoms with Crippen molar-refractivity contribution in [3.8, 4) is 0 Å². The summed E-state index contributed by atoms with van der Waals surface area (Å²) in [6.07, 6.45) is 1.67. The average Bonchev–Trinajstić information content (AvgIpc) is 2.46. The zero-order chi connectivity index (χ0) is 15.6. The number of hydrogen-bond donors (Lipinski definition) is 1. The Hall–Kier alpha value is -0.980.